The summed E-state index contributed by atoms with van der Waals surface area (Å²) in [6.45, 7) is 7.90. The number of rotatable bonds is 10. The van der Waals surface area contributed by atoms with Crippen molar-refractivity contribution in [3.05, 3.63) is 0 Å². The summed E-state index contributed by atoms with van der Waals surface area (Å²) in [6, 6.07) is 0.652. The normalized spacial score (nSPS) is 10.1. The molecule has 0 aliphatic rings. The third-order valence-electron chi connectivity index (χ3n) is 2.58. The van der Waals surface area contributed by atoms with Crippen LogP contribution in [0, 0.1) is 0 Å². The number of nitrogens with two attached hydrogens (primary N) is 2. The molecule has 0 aliphatic carbocycles. The van der Waals surface area contributed by atoms with Crippen LogP contribution in [0.3, 0.4) is 0 Å². The van der Waals surface area contributed by atoms with E-state index in [4.69, 9.17) is 0 Å². The molecule has 0 spiro atoms. The molecule has 0 aromatic rings. The second-order valence-electron chi connectivity index (χ2n) is 4.58. The maximum absolute atomic E-state index is 4.00. The fourth-order valence-electron chi connectivity index (χ4n) is 1.65. The Bertz CT molecular complexity index is 105. The minimum absolute atomic E-state index is 0.652. The van der Waals surface area contributed by atoms with Gasteiger partial charge in [-0.25, -0.2) is 0 Å². The fraction of sp³-hybridized carbons (Fsp3) is 1.00. The predicted octanol–water partition coefficient (Wildman–Crippen LogP) is 2.94. The van der Waals surface area contributed by atoms with Crippen LogP contribution < -0.4 is 17.0 Å². The molecule has 0 aliphatic heterocycles. The highest BCUT2D eigenvalue weighted by molar-refractivity contribution is 4.53. The lowest BCUT2D eigenvalue weighted by Crippen LogP contribution is -2.23. The highest BCUT2D eigenvalue weighted by Crippen LogP contribution is 2.07. The van der Waals surface area contributed by atoms with Gasteiger partial charge in [0.1, 0.15) is 0 Å². The molecule has 0 aromatic carbocycles. The van der Waals surface area contributed by atoms with Crippen molar-refractivity contribution in [1.82, 2.24) is 5.32 Å². The van der Waals surface area contributed by atoms with Gasteiger partial charge in [0.2, 0.25) is 0 Å². The predicted molar refractivity (Wildman–Crippen MR) is 74.1 cm³/mol. The molecule has 0 rings (SSSR count). The summed E-state index contributed by atoms with van der Waals surface area (Å²) in [5, 5.41) is 3.46. The van der Waals surface area contributed by atoms with E-state index in [0.29, 0.717) is 6.04 Å². The Kier molecular flexibility index (Phi) is 19.7. The van der Waals surface area contributed by atoms with E-state index in [1.807, 2.05) is 0 Å². The van der Waals surface area contributed by atoms with Crippen molar-refractivity contribution in [2.24, 2.45) is 11.7 Å². The van der Waals surface area contributed by atoms with E-state index in [-0.39, 0.29) is 0 Å². The number of hydrogen-bond acceptors (Lipinski definition) is 3. The van der Waals surface area contributed by atoms with Crippen LogP contribution in [0.1, 0.15) is 72.1 Å². The quantitative estimate of drug-likeness (QED) is 0.308. The zero-order valence-electron chi connectivity index (χ0n) is 11.6. The summed E-state index contributed by atoms with van der Waals surface area (Å²) in [6.07, 6.45) is 11.3. The molecule has 0 heterocycles. The van der Waals surface area contributed by atoms with Crippen LogP contribution in [0.5, 0.6) is 0 Å². The molecule has 0 bridgehead atoms. The Labute approximate surface area is 102 Å². The second-order valence-corrected chi connectivity index (χ2v) is 4.58. The number of nitrogens with one attached hydrogen (secondary N) is 1. The first-order chi connectivity index (χ1) is 7.77. The largest absolute Gasteiger partial charge is 0.315 e. The van der Waals surface area contributed by atoms with Gasteiger partial charge in [-0.3, -0.25) is 11.7 Å². The van der Waals surface area contributed by atoms with E-state index >= 15 is 0 Å². The van der Waals surface area contributed by atoms with E-state index in [0.717, 1.165) is 0 Å². The molecule has 5 N–H and O–H groups in total. The minimum atomic E-state index is 0.652. The lowest BCUT2D eigenvalue weighted by Gasteiger charge is -2.07. The van der Waals surface area contributed by atoms with Crippen molar-refractivity contribution in [2.75, 3.05) is 6.54 Å². The molecule has 0 atom stereocenters. The first-order valence-corrected chi connectivity index (χ1v) is 6.84. The molecule has 0 aromatic heterocycles. The molecule has 100 valence electrons. The lowest BCUT2D eigenvalue weighted by molar-refractivity contribution is 0.528. The Hall–Kier alpha value is -0.120. The van der Waals surface area contributed by atoms with E-state index < -0.39 is 0 Å². The Morgan fingerprint density at radius 3 is 1.69 bits per heavy atom. The molecule has 3 nitrogen and oxygen atoms in total. The van der Waals surface area contributed by atoms with Gasteiger partial charge < -0.3 is 5.32 Å². The van der Waals surface area contributed by atoms with Crippen molar-refractivity contribution in [3.63, 3.8) is 0 Å². The molecule has 0 amide bonds. The van der Waals surface area contributed by atoms with Crippen molar-refractivity contribution in [2.45, 2.75) is 78.2 Å². The van der Waals surface area contributed by atoms with Gasteiger partial charge in [0.05, 0.1) is 0 Å². The van der Waals surface area contributed by atoms with E-state index in [2.05, 4.69) is 37.8 Å². The van der Waals surface area contributed by atoms with Gasteiger partial charge in [-0.05, 0) is 13.0 Å². The van der Waals surface area contributed by atoms with Gasteiger partial charge in [-0.15, -0.1) is 0 Å². The van der Waals surface area contributed by atoms with Crippen LogP contribution in [0.2, 0.25) is 0 Å². The zero-order valence-corrected chi connectivity index (χ0v) is 11.6. The highest BCUT2D eigenvalue weighted by Gasteiger charge is 1.93. The summed E-state index contributed by atoms with van der Waals surface area (Å²) >= 11 is 0. The van der Waals surface area contributed by atoms with Gasteiger partial charge in [0.25, 0.3) is 0 Å². The molecule has 3 heteroatoms. The van der Waals surface area contributed by atoms with Crippen LogP contribution in [-0.2, 0) is 0 Å². The van der Waals surface area contributed by atoms with Gasteiger partial charge >= 0.3 is 0 Å². The molecule has 0 unspecified atom stereocenters. The van der Waals surface area contributed by atoms with Crippen LogP contribution in [0.15, 0.2) is 0 Å². The average molecular weight is 231 g/mol. The van der Waals surface area contributed by atoms with Crippen molar-refractivity contribution >= 4 is 0 Å². The third kappa shape index (κ3) is 19.5. The molecule has 16 heavy (non-hydrogen) atoms. The van der Waals surface area contributed by atoms with Crippen molar-refractivity contribution < 1.29 is 0 Å². The maximum atomic E-state index is 4.00. The summed E-state index contributed by atoms with van der Waals surface area (Å²) in [7, 11) is 0. The Morgan fingerprint density at radius 1 is 0.812 bits per heavy atom. The summed E-state index contributed by atoms with van der Waals surface area (Å²) in [5.41, 5.74) is 0. The van der Waals surface area contributed by atoms with Crippen LogP contribution in [-0.4, -0.2) is 12.6 Å². The smallest absolute Gasteiger partial charge is 0.00103 e. The molecule has 0 radical (unpaired) electrons. The van der Waals surface area contributed by atoms with Gasteiger partial charge in [-0.1, -0.05) is 65.7 Å². The van der Waals surface area contributed by atoms with E-state index in [1.54, 1.807) is 0 Å². The van der Waals surface area contributed by atoms with E-state index in [1.165, 1.54) is 57.9 Å². The van der Waals surface area contributed by atoms with Crippen LogP contribution in [0.25, 0.3) is 0 Å². The standard InChI is InChI=1S/C13H29N.H4N2/c1-4-5-6-7-8-9-10-11-12-14-13(2)3;1-2/h13-14H,4-12H2,1-3H3;1-2H2. The summed E-state index contributed by atoms with van der Waals surface area (Å²) in [5.74, 6) is 8.00. The average Bonchev–Trinajstić information content (AvgIpc) is 2.29. The van der Waals surface area contributed by atoms with E-state index in [9.17, 15) is 0 Å². The van der Waals surface area contributed by atoms with Crippen molar-refractivity contribution in [1.29, 1.82) is 0 Å². The SMILES string of the molecule is CCCCCCCCCCNC(C)C.NN. The fourth-order valence-corrected chi connectivity index (χ4v) is 1.65. The first-order valence-electron chi connectivity index (χ1n) is 6.84. The topological polar surface area (TPSA) is 64.1 Å². The molecular formula is C13H33N3. The molecular weight excluding hydrogens is 198 g/mol. The molecule has 0 saturated heterocycles. The number of hydrazine groups is 1. The summed E-state index contributed by atoms with van der Waals surface area (Å²) < 4.78 is 0. The second kappa shape index (κ2) is 17.3. The minimum Gasteiger partial charge on any atom is -0.315 e. The molecule has 0 fully saturated rings. The Morgan fingerprint density at radius 2 is 1.25 bits per heavy atom. The number of hydrogen-bond donors (Lipinski definition) is 3. The Balaban J connectivity index is 0. The van der Waals surface area contributed by atoms with Gasteiger partial charge in [0.15, 0.2) is 0 Å². The monoisotopic (exact) mass is 231 g/mol. The van der Waals surface area contributed by atoms with Crippen molar-refractivity contribution in [3.8, 4) is 0 Å². The van der Waals surface area contributed by atoms with Crippen LogP contribution >= 0.6 is 0 Å². The number of unbranched alkanes of at least 4 members (excludes halogenated alkanes) is 7. The highest BCUT2D eigenvalue weighted by atomic mass is 15.0. The lowest BCUT2D eigenvalue weighted by atomic mass is 10.1. The maximum Gasteiger partial charge on any atom is 0.00103 e. The first kappa shape index (κ1) is 18.3. The van der Waals surface area contributed by atoms with Gasteiger partial charge in [-0.2, -0.15) is 0 Å². The third-order valence-corrected chi connectivity index (χ3v) is 2.58. The van der Waals surface area contributed by atoms with Crippen LogP contribution in [0.4, 0.5) is 0 Å². The summed E-state index contributed by atoms with van der Waals surface area (Å²) in [4.78, 5) is 0. The van der Waals surface area contributed by atoms with Gasteiger partial charge in [0, 0.05) is 6.04 Å². The zero-order chi connectivity index (χ0) is 12.6. The molecule has 0 saturated carbocycles.